The second-order valence-corrected chi connectivity index (χ2v) is 9.58. The van der Waals surface area contributed by atoms with Crippen LogP contribution in [-0.2, 0) is 29.0 Å². The number of rotatable bonds is 13. The molecule has 0 atom stereocenters. The molecule has 39 heavy (non-hydrogen) atoms. The fourth-order valence-electron chi connectivity index (χ4n) is 4.78. The maximum Gasteiger partial charge on any atom is 0.242 e. The maximum absolute atomic E-state index is 13.8. The molecule has 204 valence electrons. The average molecular weight is 528 g/mol. The number of aromatic amines is 1. The van der Waals surface area contributed by atoms with Crippen LogP contribution in [0.15, 0.2) is 79.0 Å². The lowest BCUT2D eigenvalue weighted by Gasteiger charge is -2.28. The Morgan fingerprint density at radius 1 is 0.795 bits per heavy atom. The number of H-pyrrole nitrogens is 1. The zero-order valence-corrected chi connectivity index (χ0v) is 23.0. The van der Waals surface area contributed by atoms with Gasteiger partial charge in [-0.25, -0.2) is 0 Å². The van der Waals surface area contributed by atoms with Gasteiger partial charge in [0.1, 0.15) is 11.5 Å². The smallest absolute Gasteiger partial charge is 0.242 e. The summed E-state index contributed by atoms with van der Waals surface area (Å²) in [7, 11) is 3.25. The number of benzene rings is 3. The Morgan fingerprint density at radius 2 is 1.54 bits per heavy atom. The molecule has 0 bridgehead atoms. The minimum absolute atomic E-state index is 0.0336. The molecule has 0 saturated carbocycles. The van der Waals surface area contributed by atoms with Crippen LogP contribution < -0.4 is 9.47 Å². The van der Waals surface area contributed by atoms with E-state index in [1.54, 1.807) is 19.1 Å². The first-order chi connectivity index (χ1) is 19.0. The number of amides is 2. The summed E-state index contributed by atoms with van der Waals surface area (Å²) in [6.45, 7) is 3.49. The summed E-state index contributed by atoms with van der Waals surface area (Å²) in [4.78, 5) is 33.9. The number of aromatic nitrogens is 1. The third-order valence-corrected chi connectivity index (χ3v) is 6.92. The molecule has 0 radical (unpaired) electrons. The van der Waals surface area contributed by atoms with Gasteiger partial charge in [0, 0.05) is 42.3 Å². The predicted molar refractivity (Wildman–Crippen MR) is 154 cm³/mol. The fourth-order valence-corrected chi connectivity index (χ4v) is 4.78. The highest BCUT2D eigenvalue weighted by molar-refractivity contribution is 5.86. The van der Waals surface area contributed by atoms with E-state index in [-0.39, 0.29) is 24.8 Å². The molecule has 3 aromatic carbocycles. The molecular weight excluding hydrogens is 490 g/mol. The van der Waals surface area contributed by atoms with E-state index in [0.29, 0.717) is 26.1 Å². The van der Waals surface area contributed by atoms with Gasteiger partial charge in [0.2, 0.25) is 11.8 Å². The Labute approximate surface area is 230 Å². The third kappa shape index (κ3) is 7.19. The van der Waals surface area contributed by atoms with Gasteiger partial charge in [-0.3, -0.25) is 9.59 Å². The van der Waals surface area contributed by atoms with Crippen molar-refractivity contribution in [1.29, 1.82) is 0 Å². The van der Waals surface area contributed by atoms with Gasteiger partial charge >= 0.3 is 0 Å². The first-order valence-corrected chi connectivity index (χ1v) is 13.4. The Kier molecular flexibility index (Phi) is 9.62. The van der Waals surface area contributed by atoms with Gasteiger partial charge in [-0.1, -0.05) is 55.5 Å². The van der Waals surface area contributed by atoms with Crippen molar-refractivity contribution in [1.82, 2.24) is 14.8 Å². The van der Waals surface area contributed by atoms with Gasteiger partial charge in [0.15, 0.2) is 0 Å². The van der Waals surface area contributed by atoms with Gasteiger partial charge in [0.25, 0.3) is 0 Å². The monoisotopic (exact) mass is 527 g/mol. The molecule has 0 aliphatic rings. The highest BCUT2D eigenvalue weighted by atomic mass is 16.5. The standard InChI is InChI=1S/C32H37N3O4/c1-4-18-34(31(36)20-24-13-15-27(38-2)16-14-24)23-32(37)35(22-26-9-5-8-12-30(26)39-3)19-17-25-21-33-29-11-7-6-10-28(25)29/h5-16,21,33H,4,17-20,22-23H2,1-3H3. The molecule has 1 heterocycles. The number of nitrogens with zero attached hydrogens (tertiary/aromatic N) is 2. The zero-order chi connectivity index (χ0) is 27.6. The lowest BCUT2D eigenvalue weighted by Crippen LogP contribution is -2.44. The summed E-state index contributed by atoms with van der Waals surface area (Å²) in [6, 6.07) is 23.4. The number of fused-ring (bicyclic) bond motifs is 1. The predicted octanol–water partition coefficient (Wildman–Crippen LogP) is 5.24. The molecule has 0 unspecified atom stereocenters. The number of ether oxygens (including phenoxy) is 2. The second kappa shape index (κ2) is 13.5. The average Bonchev–Trinajstić information content (AvgIpc) is 3.38. The summed E-state index contributed by atoms with van der Waals surface area (Å²) < 4.78 is 10.8. The highest BCUT2D eigenvalue weighted by Gasteiger charge is 2.22. The van der Waals surface area contributed by atoms with Crippen molar-refractivity contribution in [2.75, 3.05) is 33.9 Å². The molecule has 0 spiro atoms. The van der Waals surface area contributed by atoms with Crippen molar-refractivity contribution in [2.45, 2.75) is 32.7 Å². The summed E-state index contributed by atoms with van der Waals surface area (Å²) >= 11 is 0. The largest absolute Gasteiger partial charge is 0.497 e. The third-order valence-electron chi connectivity index (χ3n) is 6.92. The first-order valence-electron chi connectivity index (χ1n) is 13.4. The van der Waals surface area contributed by atoms with E-state index in [1.165, 1.54) is 0 Å². The summed E-state index contributed by atoms with van der Waals surface area (Å²) in [6.07, 6.45) is 3.71. The van der Waals surface area contributed by atoms with E-state index < -0.39 is 0 Å². The number of methoxy groups -OCH3 is 2. The minimum Gasteiger partial charge on any atom is -0.497 e. The van der Waals surface area contributed by atoms with Crippen molar-refractivity contribution in [2.24, 2.45) is 0 Å². The maximum atomic E-state index is 13.8. The molecule has 0 aliphatic heterocycles. The number of carbonyl (C=O) groups is 2. The number of hydrogen-bond acceptors (Lipinski definition) is 4. The summed E-state index contributed by atoms with van der Waals surface area (Å²) in [5.74, 6) is 1.33. The normalized spacial score (nSPS) is 10.8. The lowest BCUT2D eigenvalue weighted by molar-refractivity contribution is -0.140. The quantitative estimate of drug-likeness (QED) is 0.258. The molecule has 4 rings (SSSR count). The van der Waals surface area contributed by atoms with Gasteiger partial charge in [-0.2, -0.15) is 0 Å². The molecule has 1 aromatic heterocycles. The van der Waals surface area contributed by atoms with Crippen molar-refractivity contribution >= 4 is 22.7 Å². The van der Waals surface area contributed by atoms with E-state index in [0.717, 1.165) is 45.5 Å². The van der Waals surface area contributed by atoms with Crippen LogP contribution in [0.25, 0.3) is 10.9 Å². The van der Waals surface area contributed by atoms with Crippen molar-refractivity contribution in [3.8, 4) is 11.5 Å². The van der Waals surface area contributed by atoms with E-state index >= 15 is 0 Å². The fraction of sp³-hybridized carbons (Fsp3) is 0.312. The van der Waals surface area contributed by atoms with Crippen LogP contribution in [0.2, 0.25) is 0 Å². The second-order valence-electron chi connectivity index (χ2n) is 9.58. The Bertz CT molecular complexity index is 1380. The van der Waals surface area contributed by atoms with E-state index in [2.05, 4.69) is 11.1 Å². The Hall–Kier alpha value is -4.26. The number of hydrogen-bond donors (Lipinski definition) is 1. The summed E-state index contributed by atoms with van der Waals surface area (Å²) in [5, 5.41) is 1.16. The van der Waals surface area contributed by atoms with Crippen LogP contribution in [0.4, 0.5) is 0 Å². The molecule has 2 amide bonds. The SMILES string of the molecule is CCCN(CC(=O)N(CCc1c[nH]c2ccccc12)Cc1ccccc1OC)C(=O)Cc1ccc(OC)cc1. The van der Waals surface area contributed by atoms with Crippen molar-refractivity contribution in [3.63, 3.8) is 0 Å². The highest BCUT2D eigenvalue weighted by Crippen LogP contribution is 2.22. The molecule has 7 nitrogen and oxygen atoms in total. The number of para-hydroxylation sites is 2. The first kappa shape index (κ1) is 27.8. The molecule has 0 aliphatic carbocycles. The molecule has 0 saturated heterocycles. The van der Waals surface area contributed by atoms with Crippen LogP contribution in [-0.4, -0.2) is 60.5 Å². The lowest BCUT2D eigenvalue weighted by atomic mass is 10.1. The van der Waals surface area contributed by atoms with E-state index in [1.807, 2.05) is 84.8 Å². The minimum atomic E-state index is -0.0859. The number of nitrogens with one attached hydrogen (secondary N) is 1. The van der Waals surface area contributed by atoms with Crippen molar-refractivity contribution < 1.29 is 19.1 Å². The van der Waals surface area contributed by atoms with Crippen LogP contribution in [0.5, 0.6) is 11.5 Å². The van der Waals surface area contributed by atoms with Crippen molar-refractivity contribution in [3.05, 3.63) is 95.7 Å². The summed E-state index contributed by atoms with van der Waals surface area (Å²) in [5.41, 5.74) is 4.05. The van der Waals surface area contributed by atoms with Gasteiger partial charge in [-0.15, -0.1) is 0 Å². The van der Waals surface area contributed by atoms with Crippen LogP contribution in [0.1, 0.15) is 30.0 Å². The molecule has 0 fully saturated rings. The Balaban J connectivity index is 1.51. The van der Waals surface area contributed by atoms with Gasteiger partial charge in [-0.05, 0) is 48.2 Å². The topological polar surface area (TPSA) is 74.9 Å². The molecule has 1 N–H and O–H groups in total. The zero-order valence-electron chi connectivity index (χ0n) is 23.0. The number of carbonyl (C=O) groups excluding carboxylic acids is 2. The molecule has 4 aromatic rings. The van der Waals surface area contributed by atoms with Gasteiger partial charge in [0.05, 0.1) is 27.2 Å². The van der Waals surface area contributed by atoms with E-state index in [9.17, 15) is 9.59 Å². The van der Waals surface area contributed by atoms with E-state index in [4.69, 9.17) is 9.47 Å². The van der Waals surface area contributed by atoms with Crippen LogP contribution in [0, 0.1) is 0 Å². The Morgan fingerprint density at radius 3 is 2.28 bits per heavy atom. The van der Waals surface area contributed by atoms with Crippen LogP contribution in [0.3, 0.4) is 0 Å². The molecule has 7 heteroatoms. The van der Waals surface area contributed by atoms with Gasteiger partial charge < -0.3 is 24.3 Å². The van der Waals surface area contributed by atoms with Crippen LogP contribution >= 0.6 is 0 Å². The molecular formula is C32H37N3O4.